The van der Waals surface area contributed by atoms with Gasteiger partial charge in [0, 0.05) is 4.90 Å². The SMILES string of the molecule is Cc1cc(C(=O)OC(=O)C(F)(F)F)ccc1S. The van der Waals surface area contributed by atoms with Crippen molar-refractivity contribution in [3.05, 3.63) is 29.3 Å². The van der Waals surface area contributed by atoms with Crippen LogP contribution in [0, 0.1) is 6.92 Å². The van der Waals surface area contributed by atoms with Crippen LogP contribution in [0.15, 0.2) is 23.1 Å². The molecule has 1 aromatic carbocycles. The number of benzene rings is 1. The molecule has 0 unspecified atom stereocenters. The third kappa shape index (κ3) is 3.48. The number of aryl methyl sites for hydroxylation is 1. The van der Waals surface area contributed by atoms with Crippen molar-refractivity contribution in [2.24, 2.45) is 0 Å². The first-order valence-electron chi connectivity index (χ1n) is 4.35. The summed E-state index contributed by atoms with van der Waals surface area (Å²) in [6.45, 7) is 1.62. The van der Waals surface area contributed by atoms with E-state index in [4.69, 9.17) is 0 Å². The van der Waals surface area contributed by atoms with Crippen LogP contribution in [-0.4, -0.2) is 18.1 Å². The molecule has 0 heterocycles. The summed E-state index contributed by atoms with van der Waals surface area (Å²) in [5.74, 6) is -3.88. The average molecular weight is 264 g/mol. The Bertz CT molecular complexity index is 468. The van der Waals surface area contributed by atoms with E-state index in [0.29, 0.717) is 10.5 Å². The van der Waals surface area contributed by atoms with E-state index in [1.807, 2.05) is 0 Å². The first-order valence-corrected chi connectivity index (χ1v) is 4.79. The minimum atomic E-state index is -5.19. The summed E-state index contributed by atoms with van der Waals surface area (Å²) in [6.07, 6.45) is -5.19. The molecule has 0 spiro atoms. The molecule has 0 saturated heterocycles. The zero-order valence-electron chi connectivity index (χ0n) is 8.54. The number of halogens is 3. The van der Waals surface area contributed by atoms with E-state index in [1.165, 1.54) is 18.2 Å². The Kier molecular flexibility index (Phi) is 3.82. The molecule has 0 amide bonds. The number of thiol groups is 1. The summed E-state index contributed by atoms with van der Waals surface area (Å²) >= 11 is 4.03. The Morgan fingerprint density at radius 1 is 1.29 bits per heavy atom. The number of carbonyl (C=O) groups is 2. The normalized spacial score (nSPS) is 11.1. The standard InChI is InChI=1S/C10H7F3O3S/c1-5-4-6(2-3-7(5)17)8(14)16-9(15)10(11,12)13/h2-4,17H,1H3. The number of hydrogen-bond acceptors (Lipinski definition) is 4. The second-order valence-electron chi connectivity index (χ2n) is 3.18. The van der Waals surface area contributed by atoms with E-state index in [9.17, 15) is 22.8 Å². The molecule has 92 valence electrons. The molecule has 0 aliphatic heterocycles. The van der Waals surface area contributed by atoms with Crippen molar-refractivity contribution in [1.82, 2.24) is 0 Å². The highest BCUT2D eigenvalue weighted by atomic mass is 32.1. The number of rotatable bonds is 1. The van der Waals surface area contributed by atoms with Gasteiger partial charge in [0.1, 0.15) is 0 Å². The van der Waals surface area contributed by atoms with Gasteiger partial charge in [-0.25, -0.2) is 9.59 Å². The zero-order chi connectivity index (χ0) is 13.2. The van der Waals surface area contributed by atoms with E-state index < -0.39 is 18.1 Å². The average Bonchev–Trinajstić information content (AvgIpc) is 2.20. The maximum Gasteiger partial charge on any atom is 0.491 e. The van der Waals surface area contributed by atoms with Gasteiger partial charge in [-0.3, -0.25) is 0 Å². The van der Waals surface area contributed by atoms with Crippen LogP contribution in [0.5, 0.6) is 0 Å². The minimum absolute atomic E-state index is 0.141. The predicted molar refractivity (Wildman–Crippen MR) is 54.9 cm³/mol. The van der Waals surface area contributed by atoms with Crippen molar-refractivity contribution in [2.45, 2.75) is 18.0 Å². The topological polar surface area (TPSA) is 43.4 Å². The quantitative estimate of drug-likeness (QED) is 0.481. The van der Waals surface area contributed by atoms with Crippen molar-refractivity contribution < 1.29 is 27.5 Å². The highest BCUT2D eigenvalue weighted by Gasteiger charge is 2.42. The summed E-state index contributed by atoms with van der Waals surface area (Å²) in [6, 6.07) is 3.93. The molecule has 0 aromatic heterocycles. The van der Waals surface area contributed by atoms with Crippen LogP contribution in [-0.2, 0) is 9.53 Å². The fourth-order valence-electron chi connectivity index (χ4n) is 0.983. The highest BCUT2D eigenvalue weighted by molar-refractivity contribution is 7.80. The largest absolute Gasteiger partial charge is 0.491 e. The molecule has 0 bridgehead atoms. The van der Waals surface area contributed by atoms with Gasteiger partial charge in [0.2, 0.25) is 0 Å². The lowest BCUT2D eigenvalue weighted by Crippen LogP contribution is -2.28. The number of esters is 2. The van der Waals surface area contributed by atoms with Crippen LogP contribution >= 0.6 is 12.6 Å². The number of ether oxygens (including phenoxy) is 1. The molecule has 3 nitrogen and oxygen atoms in total. The molecule has 0 atom stereocenters. The van der Waals surface area contributed by atoms with Crippen molar-refractivity contribution >= 4 is 24.6 Å². The molecule has 0 fully saturated rings. The Hall–Kier alpha value is -1.50. The smallest absolute Gasteiger partial charge is 0.383 e. The maximum absolute atomic E-state index is 11.8. The van der Waals surface area contributed by atoms with Gasteiger partial charge in [0.15, 0.2) is 0 Å². The first-order chi connectivity index (χ1) is 7.71. The van der Waals surface area contributed by atoms with Gasteiger partial charge in [-0.2, -0.15) is 13.2 Å². The van der Waals surface area contributed by atoms with Crippen molar-refractivity contribution in [3.8, 4) is 0 Å². The molecule has 0 aliphatic rings. The third-order valence-corrected chi connectivity index (χ3v) is 2.35. The Morgan fingerprint density at radius 2 is 1.88 bits per heavy atom. The fraction of sp³-hybridized carbons (Fsp3) is 0.200. The van der Waals surface area contributed by atoms with Crippen molar-refractivity contribution in [1.29, 1.82) is 0 Å². The lowest BCUT2D eigenvalue weighted by atomic mass is 10.1. The Morgan fingerprint density at radius 3 is 2.35 bits per heavy atom. The van der Waals surface area contributed by atoms with Gasteiger partial charge >= 0.3 is 18.1 Å². The predicted octanol–water partition coefficient (Wildman–Crippen LogP) is 2.53. The van der Waals surface area contributed by atoms with E-state index in [1.54, 1.807) is 6.92 Å². The van der Waals surface area contributed by atoms with Gasteiger partial charge < -0.3 is 4.74 Å². The monoisotopic (exact) mass is 264 g/mol. The molecule has 0 N–H and O–H groups in total. The van der Waals surface area contributed by atoms with E-state index in [-0.39, 0.29) is 5.56 Å². The van der Waals surface area contributed by atoms with E-state index in [2.05, 4.69) is 17.4 Å². The van der Waals surface area contributed by atoms with E-state index in [0.717, 1.165) is 0 Å². The van der Waals surface area contributed by atoms with Crippen LogP contribution in [0.4, 0.5) is 13.2 Å². The zero-order valence-corrected chi connectivity index (χ0v) is 9.43. The number of carbonyl (C=O) groups excluding carboxylic acids is 2. The minimum Gasteiger partial charge on any atom is -0.383 e. The number of alkyl halides is 3. The second kappa shape index (κ2) is 4.79. The second-order valence-corrected chi connectivity index (χ2v) is 3.66. The van der Waals surface area contributed by atoms with Crippen molar-refractivity contribution in [3.63, 3.8) is 0 Å². The molecular weight excluding hydrogens is 257 g/mol. The lowest BCUT2D eigenvalue weighted by Gasteiger charge is -2.06. The molecule has 1 aromatic rings. The lowest BCUT2D eigenvalue weighted by molar-refractivity contribution is -0.193. The summed E-state index contributed by atoms with van der Waals surface area (Å²) in [5, 5.41) is 0. The molecule has 0 radical (unpaired) electrons. The van der Waals surface area contributed by atoms with Gasteiger partial charge in [-0.15, -0.1) is 12.6 Å². The summed E-state index contributed by atoms with van der Waals surface area (Å²) in [4.78, 5) is 22.2. The van der Waals surface area contributed by atoms with Crippen LogP contribution in [0.3, 0.4) is 0 Å². The molecule has 0 saturated carbocycles. The maximum atomic E-state index is 11.8. The molecule has 7 heteroatoms. The van der Waals surface area contributed by atoms with Crippen LogP contribution in [0.25, 0.3) is 0 Å². The molecule has 0 aliphatic carbocycles. The van der Waals surface area contributed by atoms with E-state index >= 15 is 0 Å². The van der Waals surface area contributed by atoms with Crippen LogP contribution < -0.4 is 0 Å². The van der Waals surface area contributed by atoms with Gasteiger partial charge in [-0.1, -0.05) is 0 Å². The first kappa shape index (κ1) is 13.6. The Balaban J connectivity index is 2.84. The third-order valence-electron chi connectivity index (χ3n) is 1.85. The molecule has 17 heavy (non-hydrogen) atoms. The van der Waals surface area contributed by atoms with Crippen molar-refractivity contribution in [2.75, 3.05) is 0 Å². The highest BCUT2D eigenvalue weighted by Crippen LogP contribution is 2.19. The van der Waals surface area contributed by atoms with Gasteiger partial charge in [-0.05, 0) is 30.7 Å². The summed E-state index contributed by atoms with van der Waals surface area (Å²) < 4.78 is 39.2. The van der Waals surface area contributed by atoms with Crippen LogP contribution in [0.1, 0.15) is 15.9 Å². The summed E-state index contributed by atoms with van der Waals surface area (Å²) in [5.41, 5.74) is 0.445. The van der Waals surface area contributed by atoms with Gasteiger partial charge in [0.25, 0.3) is 0 Å². The van der Waals surface area contributed by atoms with Crippen LogP contribution in [0.2, 0.25) is 0 Å². The fourth-order valence-corrected chi connectivity index (χ4v) is 1.12. The number of hydrogen-bond donors (Lipinski definition) is 1. The molecular formula is C10H7F3O3S. The summed E-state index contributed by atoms with van der Waals surface area (Å²) in [7, 11) is 0. The Labute approximate surface area is 100.0 Å². The molecule has 1 rings (SSSR count). The van der Waals surface area contributed by atoms with Gasteiger partial charge in [0.05, 0.1) is 5.56 Å².